The molecule has 26 heavy (non-hydrogen) atoms. The molecule has 134 valence electrons. The summed E-state index contributed by atoms with van der Waals surface area (Å²) in [7, 11) is 0. The number of fused-ring (bicyclic) bond motifs is 1. The summed E-state index contributed by atoms with van der Waals surface area (Å²) in [4.78, 5) is 38.6. The lowest BCUT2D eigenvalue weighted by Gasteiger charge is -2.23. The van der Waals surface area contributed by atoms with E-state index in [2.05, 4.69) is 10.6 Å². The van der Waals surface area contributed by atoms with Crippen molar-refractivity contribution in [1.29, 1.82) is 0 Å². The normalized spacial score (nSPS) is 16.5. The van der Waals surface area contributed by atoms with Crippen LogP contribution in [-0.2, 0) is 16.1 Å². The van der Waals surface area contributed by atoms with E-state index in [4.69, 9.17) is 11.6 Å². The van der Waals surface area contributed by atoms with Gasteiger partial charge in [0.15, 0.2) is 0 Å². The van der Waals surface area contributed by atoms with Crippen molar-refractivity contribution in [3.63, 3.8) is 0 Å². The zero-order valence-electron chi connectivity index (χ0n) is 14.2. The molecule has 0 saturated carbocycles. The van der Waals surface area contributed by atoms with Gasteiger partial charge in [0.25, 0.3) is 5.91 Å². The lowest BCUT2D eigenvalue weighted by molar-refractivity contribution is -0.124. The molecule has 7 heteroatoms. The number of amides is 3. The van der Waals surface area contributed by atoms with Crippen molar-refractivity contribution in [3.8, 4) is 0 Å². The first-order chi connectivity index (χ1) is 12.5. The largest absolute Gasteiger partial charge is 0.350 e. The van der Waals surface area contributed by atoms with Crippen LogP contribution in [0.1, 0.15) is 22.8 Å². The van der Waals surface area contributed by atoms with E-state index in [9.17, 15) is 14.4 Å². The average molecular weight is 372 g/mol. The monoisotopic (exact) mass is 371 g/mol. The predicted molar refractivity (Wildman–Crippen MR) is 99.0 cm³/mol. The molecule has 2 aromatic carbocycles. The van der Waals surface area contributed by atoms with E-state index >= 15 is 0 Å². The van der Waals surface area contributed by atoms with E-state index < -0.39 is 6.04 Å². The molecule has 2 N–H and O–H groups in total. The molecule has 0 radical (unpaired) electrons. The number of carbonyl (C=O) groups is 3. The second-order valence-electron chi connectivity index (χ2n) is 6.04. The Bertz CT molecular complexity index is 851. The molecule has 0 bridgehead atoms. The molecule has 1 aliphatic rings. The first-order valence-electron chi connectivity index (χ1n) is 8.18. The van der Waals surface area contributed by atoms with Gasteiger partial charge < -0.3 is 15.5 Å². The van der Waals surface area contributed by atoms with Crippen molar-refractivity contribution in [2.75, 3.05) is 11.4 Å². The molecule has 1 heterocycles. The Morgan fingerprint density at radius 1 is 1.15 bits per heavy atom. The van der Waals surface area contributed by atoms with E-state index in [-0.39, 0.29) is 24.3 Å². The zero-order chi connectivity index (χ0) is 18.7. The van der Waals surface area contributed by atoms with Crippen LogP contribution in [0.2, 0.25) is 5.02 Å². The molecule has 1 aliphatic heterocycles. The molecule has 0 fully saturated rings. The van der Waals surface area contributed by atoms with Crippen LogP contribution in [0.25, 0.3) is 0 Å². The van der Waals surface area contributed by atoms with Crippen molar-refractivity contribution in [2.45, 2.75) is 19.5 Å². The van der Waals surface area contributed by atoms with Crippen LogP contribution in [0.15, 0.2) is 48.5 Å². The molecular weight excluding hydrogens is 354 g/mol. The highest BCUT2D eigenvalue weighted by atomic mass is 35.5. The maximum atomic E-state index is 12.6. The van der Waals surface area contributed by atoms with Gasteiger partial charge in [-0.25, -0.2) is 0 Å². The summed E-state index contributed by atoms with van der Waals surface area (Å²) in [6.45, 7) is 1.76. The second-order valence-corrected chi connectivity index (χ2v) is 6.48. The molecule has 3 rings (SSSR count). The van der Waals surface area contributed by atoms with Crippen LogP contribution in [0.4, 0.5) is 5.69 Å². The van der Waals surface area contributed by atoms with Gasteiger partial charge in [0.1, 0.15) is 12.6 Å². The minimum absolute atomic E-state index is 0.164. The number of nitrogens with one attached hydrogen (secondary N) is 2. The Morgan fingerprint density at radius 2 is 1.85 bits per heavy atom. The third-order valence-electron chi connectivity index (χ3n) is 4.13. The first kappa shape index (κ1) is 17.9. The molecule has 0 spiro atoms. The Balaban J connectivity index is 1.75. The quantitative estimate of drug-likeness (QED) is 0.864. The number of rotatable bonds is 4. The van der Waals surface area contributed by atoms with Crippen molar-refractivity contribution in [3.05, 3.63) is 64.7 Å². The smallest absolute Gasteiger partial charge is 0.254 e. The lowest BCUT2D eigenvalue weighted by Crippen LogP contribution is -2.47. The van der Waals surface area contributed by atoms with Crippen LogP contribution < -0.4 is 15.5 Å². The zero-order valence-corrected chi connectivity index (χ0v) is 14.9. The fraction of sp³-hybridized carbons (Fsp3) is 0.211. The van der Waals surface area contributed by atoms with Crippen LogP contribution in [0, 0.1) is 0 Å². The highest BCUT2D eigenvalue weighted by Crippen LogP contribution is 2.23. The molecule has 0 saturated heterocycles. The number of nitrogens with zero attached hydrogens (tertiary/aromatic N) is 1. The molecule has 6 nitrogen and oxygen atoms in total. The van der Waals surface area contributed by atoms with Gasteiger partial charge in [-0.15, -0.1) is 0 Å². The molecule has 0 aromatic heterocycles. The SMILES string of the molecule is CC1NC(=O)c2ccccc2N(CC(=O)NCc2ccc(Cl)cc2)C1=O. The summed E-state index contributed by atoms with van der Waals surface area (Å²) in [5, 5.41) is 6.05. The van der Waals surface area contributed by atoms with Crippen molar-refractivity contribution < 1.29 is 14.4 Å². The molecule has 1 atom stereocenters. The van der Waals surface area contributed by atoms with Crippen molar-refractivity contribution in [1.82, 2.24) is 10.6 Å². The maximum absolute atomic E-state index is 12.6. The molecule has 2 aromatic rings. The highest BCUT2D eigenvalue weighted by molar-refractivity contribution is 6.30. The van der Waals surface area contributed by atoms with Crippen LogP contribution in [0.5, 0.6) is 0 Å². The fourth-order valence-corrected chi connectivity index (χ4v) is 2.88. The third-order valence-corrected chi connectivity index (χ3v) is 4.38. The van der Waals surface area contributed by atoms with Gasteiger partial charge in [0.2, 0.25) is 11.8 Å². The first-order valence-corrected chi connectivity index (χ1v) is 8.56. The maximum Gasteiger partial charge on any atom is 0.254 e. The van der Waals surface area contributed by atoms with Crippen LogP contribution >= 0.6 is 11.6 Å². The number of hydrogen-bond acceptors (Lipinski definition) is 3. The van der Waals surface area contributed by atoms with E-state index in [0.29, 0.717) is 22.8 Å². The Kier molecular flexibility index (Phi) is 5.23. The molecular formula is C19H18ClN3O3. The number of anilines is 1. The van der Waals surface area contributed by atoms with E-state index in [1.165, 1.54) is 4.90 Å². The topological polar surface area (TPSA) is 78.5 Å². The summed E-state index contributed by atoms with van der Waals surface area (Å²) in [5.41, 5.74) is 1.70. The lowest BCUT2D eigenvalue weighted by atomic mass is 10.1. The second kappa shape index (κ2) is 7.58. The number of halogens is 1. The summed E-state index contributed by atoms with van der Waals surface area (Å²) >= 11 is 5.84. The van der Waals surface area contributed by atoms with Gasteiger partial charge in [-0.1, -0.05) is 35.9 Å². The van der Waals surface area contributed by atoms with Gasteiger partial charge in [-0.05, 0) is 36.8 Å². The van der Waals surface area contributed by atoms with E-state index in [1.807, 2.05) is 12.1 Å². The van der Waals surface area contributed by atoms with Crippen molar-refractivity contribution >= 4 is 35.0 Å². The van der Waals surface area contributed by atoms with Gasteiger partial charge >= 0.3 is 0 Å². The molecule has 1 unspecified atom stereocenters. The summed E-state index contributed by atoms with van der Waals surface area (Å²) < 4.78 is 0. The highest BCUT2D eigenvalue weighted by Gasteiger charge is 2.32. The predicted octanol–water partition coefficient (Wildman–Crippen LogP) is 2.12. The Labute approximate surface area is 156 Å². The van der Waals surface area contributed by atoms with Gasteiger partial charge in [-0.2, -0.15) is 0 Å². The number of para-hydroxylation sites is 1. The van der Waals surface area contributed by atoms with Crippen LogP contribution in [0.3, 0.4) is 0 Å². The number of benzene rings is 2. The Hall–Kier alpha value is -2.86. The number of carbonyl (C=O) groups excluding carboxylic acids is 3. The summed E-state index contributed by atoms with van der Waals surface area (Å²) in [5.74, 6) is -0.972. The van der Waals surface area contributed by atoms with Gasteiger partial charge in [-0.3, -0.25) is 14.4 Å². The number of hydrogen-bond donors (Lipinski definition) is 2. The summed E-state index contributed by atoms with van der Waals surface area (Å²) in [6.07, 6.45) is 0. The van der Waals surface area contributed by atoms with Gasteiger partial charge in [0.05, 0.1) is 11.3 Å². The Morgan fingerprint density at radius 3 is 2.58 bits per heavy atom. The average Bonchev–Trinajstić information content (AvgIpc) is 2.72. The van der Waals surface area contributed by atoms with Crippen LogP contribution in [-0.4, -0.2) is 30.3 Å². The minimum Gasteiger partial charge on any atom is -0.350 e. The molecule has 3 amide bonds. The van der Waals surface area contributed by atoms with E-state index in [1.54, 1.807) is 43.3 Å². The minimum atomic E-state index is -0.709. The summed E-state index contributed by atoms with van der Waals surface area (Å²) in [6, 6.07) is 13.2. The standard InChI is InChI=1S/C19H18ClN3O3/c1-12-19(26)23(16-5-3-2-4-15(16)18(25)22-12)11-17(24)21-10-13-6-8-14(20)9-7-13/h2-9,12H,10-11H2,1H3,(H,21,24)(H,22,25). The molecule has 0 aliphatic carbocycles. The van der Waals surface area contributed by atoms with Crippen molar-refractivity contribution in [2.24, 2.45) is 0 Å². The fourth-order valence-electron chi connectivity index (χ4n) is 2.76. The third kappa shape index (κ3) is 3.86. The van der Waals surface area contributed by atoms with Gasteiger partial charge in [0, 0.05) is 11.6 Å². The van der Waals surface area contributed by atoms with E-state index in [0.717, 1.165) is 5.56 Å².